The Kier molecular flexibility index (Phi) is 3.15. The SMILES string of the molecule is CN(Cc1cnc[nH]1)[C@H]1CCc2ccccc2C1. The van der Waals surface area contributed by atoms with Crippen molar-refractivity contribution in [1.82, 2.24) is 14.9 Å². The van der Waals surface area contributed by atoms with E-state index >= 15 is 0 Å². The molecule has 1 heterocycles. The lowest BCUT2D eigenvalue weighted by atomic mass is 9.87. The highest BCUT2D eigenvalue weighted by molar-refractivity contribution is 5.30. The predicted octanol–water partition coefficient (Wildman–Crippen LogP) is 2.40. The third-order valence-electron chi connectivity index (χ3n) is 3.92. The Balaban J connectivity index is 1.68. The average Bonchev–Trinajstić information content (AvgIpc) is 2.91. The van der Waals surface area contributed by atoms with Gasteiger partial charge in [0.05, 0.1) is 6.33 Å². The van der Waals surface area contributed by atoms with E-state index in [1.54, 1.807) is 6.33 Å². The van der Waals surface area contributed by atoms with E-state index in [2.05, 4.69) is 46.2 Å². The van der Waals surface area contributed by atoms with Crippen molar-refractivity contribution in [1.29, 1.82) is 0 Å². The monoisotopic (exact) mass is 241 g/mol. The molecule has 0 bridgehead atoms. The zero-order valence-electron chi connectivity index (χ0n) is 10.8. The van der Waals surface area contributed by atoms with E-state index in [1.165, 1.54) is 36.1 Å². The normalized spacial score (nSPS) is 18.9. The first kappa shape index (κ1) is 11.5. The Morgan fingerprint density at radius 1 is 1.33 bits per heavy atom. The van der Waals surface area contributed by atoms with Gasteiger partial charge in [0.25, 0.3) is 0 Å². The van der Waals surface area contributed by atoms with E-state index in [-0.39, 0.29) is 0 Å². The van der Waals surface area contributed by atoms with Crippen LogP contribution in [0.2, 0.25) is 0 Å². The molecule has 1 aliphatic carbocycles. The molecule has 0 amide bonds. The molecule has 94 valence electrons. The molecule has 3 nitrogen and oxygen atoms in total. The van der Waals surface area contributed by atoms with Crippen molar-refractivity contribution in [2.24, 2.45) is 0 Å². The van der Waals surface area contributed by atoms with Gasteiger partial charge in [0.1, 0.15) is 0 Å². The van der Waals surface area contributed by atoms with Crippen LogP contribution in [0.15, 0.2) is 36.8 Å². The van der Waals surface area contributed by atoms with E-state index in [9.17, 15) is 0 Å². The number of aromatic amines is 1. The van der Waals surface area contributed by atoms with Gasteiger partial charge in [-0.25, -0.2) is 4.98 Å². The summed E-state index contributed by atoms with van der Waals surface area (Å²) in [6.45, 7) is 0.951. The number of rotatable bonds is 3. The van der Waals surface area contributed by atoms with Gasteiger partial charge in [-0.05, 0) is 37.4 Å². The second-order valence-corrected chi connectivity index (χ2v) is 5.16. The Labute approximate surface area is 108 Å². The molecule has 0 unspecified atom stereocenters. The highest BCUT2D eigenvalue weighted by Crippen LogP contribution is 2.24. The average molecular weight is 241 g/mol. The molecule has 0 spiro atoms. The molecule has 1 N–H and O–H groups in total. The summed E-state index contributed by atoms with van der Waals surface area (Å²) in [5.74, 6) is 0. The van der Waals surface area contributed by atoms with Gasteiger partial charge in [0.15, 0.2) is 0 Å². The van der Waals surface area contributed by atoms with Crippen molar-refractivity contribution in [3.63, 3.8) is 0 Å². The van der Waals surface area contributed by atoms with E-state index in [4.69, 9.17) is 0 Å². The van der Waals surface area contributed by atoms with Crippen LogP contribution >= 0.6 is 0 Å². The summed E-state index contributed by atoms with van der Waals surface area (Å²) < 4.78 is 0. The molecular weight excluding hydrogens is 222 g/mol. The number of nitrogens with one attached hydrogen (secondary N) is 1. The molecule has 0 radical (unpaired) electrons. The van der Waals surface area contributed by atoms with Gasteiger partial charge in [-0.15, -0.1) is 0 Å². The topological polar surface area (TPSA) is 31.9 Å². The van der Waals surface area contributed by atoms with Crippen LogP contribution in [0.3, 0.4) is 0 Å². The second kappa shape index (κ2) is 4.94. The first-order valence-corrected chi connectivity index (χ1v) is 6.57. The smallest absolute Gasteiger partial charge is 0.0922 e. The van der Waals surface area contributed by atoms with Crippen molar-refractivity contribution in [3.05, 3.63) is 53.6 Å². The predicted molar refractivity (Wildman–Crippen MR) is 72.3 cm³/mol. The van der Waals surface area contributed by atoms with Crippen LogP contribution in [-0.4, -0.2) is 28.0 Å². The van der Waals surface area contributed by atoms with Crippen LogP contribution in [0.1, 0.15) is 23.2 Å². The third-order valence-corrected chi connectivity index (χ3v) is 3.92. The molecule has 1 aliphatic rings. The van der Waals surface area contributed by atoms with Gasteiger partial charge < -0.3 is 4.98 Å². The maximum absolute atomic E-state index is 4.07. The van der Waals surface area contributed by atoms with Gasteiger partial charge in [0, 0.05) is 24.5 Å². The first-order chi connectivity index (χ1) is 8.83. The van der Waals surface area contributed by atoms with Crippen molar-refractivity contribution >= 4 is 0 Å². The van der Waals surface area contributed by atoms with Gasteiger partial charge >= 0.3 is 0 Å². The summed E-state index contributed by atoms with van der Waals surface area (Å²) >= 11 is 0. The van der Waals surface area contributed by atoms with Crippen LogP contribution in [0.4, 0.5) is 0 Å². The summed E-state index contributed by atoms with van der Waals surface area (Å²) in [4.78, 5) is 9.68. The molecule has 3 heteroatoms. The molecule has 1 aromatic heterocycles. The zero-order valence-corrected chi connectivity index (χ0v) is 10.8. The number of hydrogen-bond acceptors (Lipinski definition) is 2. The lowest BCUT2D eigenvalue weighted by Crippen LogP contribution is -2.36. The molecule has 0 saturated heterocycles. The number of benzene rings is 1. The number of nitrogens with zero attached hydrogens (tertiary/aromatic N) is 2. The highest BCUT2D eigenvalue weighted by Gasteiger charge is 2.21. The van der Waals surface area contributed by atoms with Crippen molar-refractivity contribution in [2.45, 2.75) is 31.8 Å². The Morgan fingerprint density at radius 3 is 2.94 bits per heavy atom. The number of likely N-dealkylation sites (N-methyl/N-ethyl adjacent to an activating group) is 1. The molecule has 0 aliphatic heterocycles. The maximum atomic E-state index is 4.07. The molecule has 1 aromatic carbocycles. The summed E-state index contributed by atoms with van der Waals surface area (Å²) in [5.41, 5.74) is 4.24. The van der Waals surface area contributed by atoms with Crippen molar-refractivity contribution in [3.8, 4) is 0 Å². The van der Waals surface area contributed by atoms with E-state index < -0.39 is 0 Å². The number of aromatic nitrogens is 2. The van der Waals surface area contributed by atoms with Gasteiger partial charge in [0.2, 0.25) is 0 Å². The first-order valence-electron chi connectivity index (χ1n) is 6.57. The lowest BCUT2D eigenvalue weighted by Gasteiger charge is -2.32. The molecule has 0 fully saturated rings. The van der Waals surface area contributed by atoms with Gasteiger partial charge in [-0.3, -0.25) is 4.90 Å². The fourth-order valence-corrected chi connectivity index (χ4v) is 2.82. The number of hydrogen-bond donors (Lipinski definition) is 1. The van der Waals surface area contributed by atoms with E-state index in [0.717, 1.165) is 6.54 Å². The second-order valence-electron chi connectivity index (χ2n) is 5.16. The molecule has 18 heavy (non-hydrogen) atoms. The zero-order chi connectivity index (χ0) is 12.4. The van der Waals surface area contributed by atoms with Crippen LogP contribution < -0.4 is 0 Å². The number of fused-ring (bicyclic) bond motifs is 1. The fraction of sp³-hybridized carbons (Fsp3) is 0.400. The van der Waals surface area contributed by atoms with Gasteiger partial charge in [-0.1, -0.05) is 24.3 Å². The standard InChI is InChI=1S/C15H19N3/c1-18(10-14-9-16-11-17-14)15-7-6-12-4-2-3-5-13(12)8-15/h2-5,9,11,15H,6-8,10H2,1H3,(H,16,17)/t15-/m0/s1. The molecular formula is C15H19N3. The summed E-state index contributed by atoms with van der Waals surface area (Å²) in [7, 11) is 2.21. The highest BCUT2D eigenvalue weighted by atomic mass is 15.1. The summed E-state index contributed by atoms with van der Waals surface area (Å²) in [6.07, 6.45) is 7.28. The van der Waals surface area contributed by atoms with Crippen molar-refractivity contribution in [2.75, 3.05) is 7.05 Å². The van der Waals surface area contributed by atoms with Crippen LogP contribution in [-0.2, 0) is 19.4 Å². The quantitative estimate of drug-likeness (QED) is 0.895. The van der Waals surface area contributed by atoms with E-state index in [0.29, 0.717) is 6.04 Å². The fourth-order valence-electron chi connectivity index (χ4n) is 2.82. The third kappa shape index (κ3) is 2.31. The number of aryl methyl sites for hydroxylation is 1. The number of imidazole rings is 1. The summed E-state index contributed by atoms with van der Waals surface area (Å²) in [6, 6.07) is 9.47. The minimum atomic E-state index is 0.642. The largest absolute Gasteiger partial charge is 0.347 e. The van der Waals surface area contributed by atoms with Gasteiger partial charge in [-0.2, -0.15) is 0 Å². The molecule has 1 atom stereocenters. The van der Waals surface area contributed by atoms with Crippen LogP contribution in [0.25, 0.3) is 0 Å². The lowest BCUT2D eigenvalue weighted by molar-refractivity contribution is 0.212. The molecule has 0 saturated carbocycles. The molecule has 2 aromatic rings. The Morgan fingerprint density at radius 2 is 2.17 bits per heavy atom. The Hall–Kier alpha value is -1.61. The minimum absolute atomic E-state index is 0.642. The number of H-pyrrole nitrogens is 1. The summed E-state index contributed by atoms with van der Waals surface area (Å²) in [5, 5.41) is 0. The van der Waals surface area contributed by atoms with Crippen molar-refractivity contribution < 1.29 is 0 Å². The Bertz CT molecular complexity index is 504. The van der Waals surface area contributed by atoms with Crippen LogP contribution in [0.5, 0.6) is 0 Å². The minimum Gasteiger partial charge on any atom is -0.347 e. The van der Waals surface area contributed by atoms with E-state index in [1.807, 2.05) is 6.20 Å². The van der Waals surface area contributed by atoms with Crippen LogP contribution in [0, 0.1) is 0 Å². The molecule has 3 rings (SSSR count). The maximum Gasteiger partial charge on any atom is 0.0922 e.